The lowest BCUT2D eigenvalue weighted by Gasteiger charge is -2.38. The number of ether oxygens (including phenoxy) is 1. The van der Waals surface area contributed by atoms with Crippen LogP contribution in [-0.4, -0.2) is 41.9 Å². The van der Waals surface area contributed by atoms with Crippen molar-refractivity contribution in [3.63, 3.8) is 0 Å². The van der Waals surface area contributed by atoms with Gasteiger partial charge in [0.15, 0.2) is 11.6 Å². The van der Waals surface area contributed by atoms with Crippen molar-refractivity contribution in [3.8, 4) is 11.5 Å². The van der Waals surface area contributed by atoms with Crippen LogP contribution in [-0.2, 0) is 4.79 Å². The molecule has 0 bridgehead atoms. The minimum Gasteiger partial charge on any atom is -0.454 e. The summed E-state index contributed by atoms with van der Waals surface area (Å²) in [7, 11) is 0. The molecule has 2 aromatic rings. The van der Waals surface area contributed by atoms with Crippen molar-refractivity contribution in [3.05, 3.63) is 53.6 Å². The molecule has 0 saturated heterocycles. The molecule has 2 saturated carbocycles. The van der Waals surface area contributed by atoms with E-state index < -0.39 is 11.6 Å². The van der Waals surface area contributed by atoms with Gasteiger partial charge in [-0.05, 0) is 99.6 Å². The number of nitrogens with zero attached hydrogens (tertiary/aromatic N) is 1. The third kappa shape index (κ3) is 6.34. The second kappa shape index (κ2) is 11.4. The van der Waals surface area contributed by atoms with Crippen molar-refractivity contribution in [2.75, 3.05) is 18.4 Å². The predicted octanol–water partition coefficient (Wildman–Crippen LogP) is 6.12. The molecule has 0 aromatic heterocycles. The Morgan fingerprint density at radius 1 is 1.00 bits per heavy atom. The molecule has 38 heavy (non-hydrogen) atoms. The maximum Gasteiger partial charge on any atom is 0.256 e. The zero-order valence-electron chi connectivity index (χ0n) is 22.1. The van der Waals surface area contributed by atoms with Gasteiger partial charge < -0.3 is 20.3 Å². The Labute approximate surface area is 223 Å². The number of rotatable bonds is 9. The minimum absolute atomic E-state index is 0.0164. The molecule has 2 amide bonds. The highest BCUT2D eigenvalue weighted by atomic mass is 19.1. The molecular formula is C30H37F2N3O3. The normalized spacial score (nSPS) is 22.6. The van der Waals surface area contributed by atoms with Gasteiger partial charge in [-0.1, -0.05) is 13.8 Å². The molecule has 2 aliphatic carbocycles. The highest BCUT2D eigenvalue weighted by Crippen LogP contribution is 2.35. The van der Waals surface area contributed by atoms with Crippen molar-refractivity contribution in [2.45, 2.75) is 70.9 Å². The van der Waals surface area contributed by atoms with Gasteiger partial charge in [0.25, 0.3) is 5.91 Å². The van der Waals surface area contributed by atoms with Gasteiger partial charge in [-0.25, -0.2) is 8.78 Å². The first-order valence-electron chi connectivity index (χ1n) is 13.9. The van der Waals surface area contributed by atoms with Crippen molar-refractivity contribution < 1.29 is 23.1 Å². The number of amides is 2. The second-order valence-electron chi connectivity index (χ2n) is 11.5. The lowest BCUT2D eigenvalue weighted by molar-refractivity contribution is -0.117. The highest BCUT2D eigenvalue weighted by Gasteiger charge is 2.35. The van der Waals surface area contributed by atoms with Gasteiger partial charge in [-0.15, -0.1) is 0 Å². The summed E-state index contributed by atoms with van der Waals surface area (Å²) in [6.45, 7) is 5.32. The van der Waals surface area contributed by atoms with Crippen molar-refractivity contribution in [1.82, 2.24) is 10.2 Å². The quantitative estimate of drug-likeness (QED) is 0.414. The lowest BCUT2D eigenvalue weighted by Crippen LogP contribution is -2.47. The highest BCUT2D eigenvalue weighted by molar-refractivity contribution is 6.08. The van der Waals surface area contributed by atoms with E-state index in [1.807, 2.05) is 0 Å². The topological polar surface area (TPSA) is 70.7 Å². The Morgan fingerprint density at radius 3 is 2.42 bits per heavy atom. The third-order valence-electron chi connectivity index (χ3n) is 8.18. The maximum absolute atomic E-state index is 14.2. The predicted molar refractivity (Wildman–Crippen MR) is 142 cm³/mol. The molecule has 1 heterocycles. The van der Waals surface area contributed by atoms with Gasteiger partial charge in [0, 0.05) is 18.2 Å². The molecule has 0 radical (unpaired) electrons. The number of carbonyl (C=O) groups is 2. The third-order valence-corrected chi connectivity index (χ3v) is 8.18. The molecule has 8 heteroatoms. The van der Waals surface area contributed by atoms with Crippen molar-refractivity contribution in [1.29, 1.82) is 0 Å². The van der Waals surface area contributed by atoms with Crippen LogP contribution in [0.25, 0.3) is 0 Å². The molecule has 2 aromatic carbocycles. The Balaban J connectivity index is 1.30. The van der Waals surface area contributed by atoms with E-state index in [4.69, 9.17) is 4.74 Å². The van der Waals surface area contributed by atoms with Gasteiger partial charge in [0.05, 0.1) is 11.3 Å². The number of benzene rings is 2. The number of halogens is 2. The van der Waals surface area contributed by atoms with Crippen LogP contribution < -0.4 is 15.4 Å². The summed E-state index contributed by atoms with van der Waals surface area (Å²) >= 11 is 0. The fraction of sp³-hybridized carbons (Fsp3) is 0.533. The average molecular weight is 526 g/mol. The van der Waals surface area contributed by atoms with Crippen LogP contribution in [0.4, 0.5) is 14.5 Å². The summed E-state index contributed by atoms with van der Waals surface area (Å²) in [6, 6.07) is 8.23. The smallest absolute Gasteiger partial charge is 0.256 e. The second-order valence-corrected chi connectivity index (χ2v) is 11.5. The fourth-order valence-electron chi connectivity index (χ4n) is 5.75. The van der Waals surface area contributed by atoms with Crippen LogP contribution in [0, 0.1) is 29.4 Å². The first-order valence-corrected chi connectivity index (χ1v) is 13.9. The molecular weight excluding hydrogens is 488 g/mol. The van der Waals surface area contributed by atoms with E-state index in [0.29, 0.717) is 23.2 Å². The zero-order chi connectivity index (χ0) is 26.8. The van der Waals surface area contributed by atoms with Crippen molar-refractivity contribution >= 4 is 17.5 Å². The van der Waals surface area contributed by atoms with Crippen LogP contribution in [0.15, 0.2) is 36.4 Å². The zero-order valence-corrected chi connectivity index (χ0v) is 22.1. The van der Waals surface area contributed by atoms with E-state index >= 15 is 0 Å². The Morgan fingerprint density at radius 2 is 1.74 bits per heavy atom. The minimum atomic E-state index is -0.835. The van der Waals surface area contributed by atoms with Crippen LogP contribution >= 0.6 is 0 Å². The number of carbonyl (C=O) groups excluding carboxylic acids is 2. The maximum atomic E-state index is 14.2. The van der Waals surface area contributed by atoms with E-state index in [1.54, 1.807) is 17.0 Å². The molecule has 2 fully saturated rings. The van der Waals surface area contributed by atoms with Crippen LogP contribution in [0.5, 0.6) is 11.5 Å². The number of hydrogen-bond acceptors (Lipinski definition) is 4. The summed E-state index contributed by atoms with van der Waals surface area (Å²) in [5, 5.41) is 6.57. The van der Waals surface area contributed by atoms with Gasteiger partial charge in [0.2, 0.25) is 5.91 Å². The van der Waals surface area contributed by atoms with E-state index in [-0.39, 0.29) is 41.8 Å². The van der Waals surface area contributed by atoms with Crippen molar-refractivity contribution in [2.24, 2.45) is 17.8 Å². The number of anilines is 1. The van der Waals surface area contributed by atoms with Gasteiger partial charge >= 0.3 is 0 Å². The molecule has 1 aliphatic heterocycles. The van der Waals surface area contributed by atoms with Crippen LogP contribution in [0.2, 0.25) is 0 Å². The Hall–Kier alpha value is -3.00. The fourth-order valence-corrected chi connectivity index (χ4v) is 5.75. The molecule has 0 spiro atoms. The Kier molecular flexibility index (Phi) is 7.98. The van der Waals surface area contributed by atoms with E-state index in [2.05, 4.69) is 24.5 Å². The standard InChI is InChI=1S/C30H37F2N3O3/c1-18(2)27(13-19-5-8-22(9-6-19)33-16-20-3-4-20)35-17-29(36)34-26-11-10-23(15-24(26)30(35)37)38-28-12-7-21(31)14-25(28)32/h7,10-12,14-15,18-20,22,27,33H,3-6,8-9,13,16-17H2,1-2H3,(H,34,36)/t19?,22?,27-/m0/s1. The first kappa shape index (κ1) is 26.6. The largest absolute Gasteiger partial charge is 0.454 e. The summed E-state index contributed by atoms with van der Waals surface area (Å²) in [6.07, 6.45) is 8.12. The number of nitrogens with one attached hydrogen (secondary N) is 2. The first-order chi connectivity index (χ1) is 18.3. The van der Waals surface area contributed by atoms with Gasteiger partial charge in [0.1, 0.15) is 18.1 Å². The van der Waals surface area contributed by atoms with Crippen LogP contribution in [0.1, 0.15) is 69.2 Å². The molecule has 6 nitrogen and oxygen atoms in total. The van der Waals surface area contributed by atoms with Gasteiger partial charge in [-0.2, -0.15) is 0 Å². The molecule has 204 valence electrons. The summed E-state index contributed by atoms with van der Waals surface area (Å²) in [5.74, 6) is -0.376. The molecule has 5 rings (SSSR count). The number of fused-ring (bicyclic) bond motifs is 1. The van der Waals surface area contributed by atoms with Crippen LogP contribution in [0.3, 0.4) is 0 Å². The van der Waals surface area contributed by atoms with E-state index in [1.165, 1.54) is 25.0 Å². The monoisotopic (exact) mass is 525 g/mol. The summed E-state index contributed by atoms with van der Waals surface area (Å²) in [4.78, 5) is 28.4. The molecule has 3 aliphatic rings. The van der Waals surface area contributed by atoms with E-state index in [0.717, 1.165) is 56.7 Å². The Bertz CT molecular complexity index is 1180. The number of hydrogen-bond donors (Lipinski definition) is 2. The lowest BCUT2D eigenvalue weighted by atomic mass is 9.80. The molecule has 1 atom stereocenters. The summed E-state index contributed by atoms with van der Waals surface area (Å²) in [5.41, 5.74) is 0.702. The van der Waals surface area contributed by atoms with Gasteiger partial charge in [-0.3, -0.25) is 9.59 Å². The average Bonchev–Trinajstić information content (AvgIpc) is 3.73. The van der Waals surface area contributed by atoms with E-state index in [9.17, 15) is 18.4 Å². The molecule has 2 N–H and O–H groups in total. The summed E-state index contributed by atoms with van der Waals surface area (Å²) < 4.78 is 33.1. The molecule has 0 unspecified atom stereocenters. The SMILES string of the molecule is CC(C)[C@H](CC1CCC(NCC2CC2)CC1)N1CC(=O)Nc2ccc(Oc3ccc(F)cc3F)cc2C1=O.